The Labute approximate surface area is 129 Å². The highest BCUT2D eigenvalue weighted by molar-refractivity contribution is 5.16. The maximum Gasteiger partial charge on any atom is 0.0462 e. The summed E-state index contributed by atoms with van der Waals surface area (Å²) in [5, 5.41) is 3.73. The molecule has 0 aromatic heterocycles. The third-order valence-electron chi connectivity index (χ3n) is 4.45. The fourth-order valence-electron chi connectivity index (χ4n) is 3.20. The molecule has 1 aliphatic rings. The maximum absolute atomic E-state index is 5.15. The summed E-state index contributed by atoms with van der Waals surface area (Å²) in [7, 11) is 1.79. The Kier molecular flexibility index (Phi) is 7.20. The second-order valence-electron chi connectivity index (χ2n) is 6.05. The van der Waals surface area contributed by atoms with Crippen LogP contribution in [0.15, 0.2) is 30.3 Å². The van der Waals surface area contributed by atoms with Gasteiger partial charge in [0.1, 0.15) is 0 Å². The van der Waals surface area contributed by atoms with E-state index in [0.29, 0.717) is 12.1 Å². The first-order chi connectivity index (χ1) is 10.3. The lowest BCUT2D eigenvalue weighted by atomic mass is 10.0. The van der Waals surface area contributed by atoms with E-state index in [1.165, 1.54) is 37.9 Å². The fraction of sp³-hybridized carbons (Fsp3) is 0.667. The summed E-state index contributed by atoms with van der Waals surface area (Å²) in [6.07, 6.45) is 4.77. The molecule has 1 fully saturated rings. The molecule has 2 unspecified atom stereocenters. The SMILES string of the molecule is CCC1CNC(Cc2ccccc2)CN1CCCCOC. The molecule has 1 saturated heterocycles. The van der Waals surface area contributed by atoms with Crippen molar-refractivity contribution in [1.29, 1.82) is 0 Å². The summed E-state index contributed by atoms with van der Waals surface area (Å²) in [5.74, 6) is 0. The Morgan fingerprint density at radius 2 is 2.05 bits per heavy atom. The van der Waals surface area contributed by atoms with Crippen LogP contribution in [0.2, 0.25) is 0 Å². The van der Waals surface area contributed by atoms with E-state index in [1.54, 1.807) is 7.11 Å². The van der Waals surface area contributed by atoms with Gasteiger partial charge in [-0.2, -0.15) is 0 Å². The van der Waals surface area contributed by atoms with Gasteiger partial charge in [-0.05, 0) is 37.8 Å². The summed E-state index contributed by atoms with van der Waals surface area (Å²) in [6.45, 7) is 6.68. The second kappa shape index (κ2) is 9.19. The van der Waals surface area contributed by atoms with E-state index in [4.69, 9.17) is 4.74 Å². The molecular formula is C18H30N2O. The number of nitrogens with zero attached hydrogens (tertiary/aromatic N) is 1. The Balaban J connectivity index is 1.82. The van der Waals surface area contributed by atoms with Crippen LogP contribution in [0, 0.1) is 0 Å². The van der Waals surface area contributed by atoms with Crippen molar-refractivity contribution in [2.45, 2.75) is 44.7 Å². The van der Waals surface area contributed by atoms with Crippen LogP contribution >= 0.6 is 0 Å². The van der Waals surface area contributed by atoms with Gasteiger partial charge in [-0.3, -0.25) is 4.90 Å². The minimum absolute atomic E-state index is 0.581. The molecule has 0 radical (unpaired) electrons. The average molecular weight is 290 g/mol. The first kappa shape index (κ1) is 16.5. The largest absolute Gasteiger partial charge is 0.385 e. The monoisotopic (exact) mass is 290 g/mol. The van der Waals surface area contributed by atoms with E-state index >= 15 is 0 Å². The molecule has 0 aliphatic carbocycles. The van der Waals surface area contributed by atoms with Gasteiger partial charge < -0.3 is 10.1 Å². The molecule has 21 heavy (non-hydrogen) atoms. The van der Waals surface area contributed by atoms with E-state index in [9.17, 15) is 0 Å². The third-order valence-corrected chi connectivity index (χ3v) is 4.45. The van der Waals surface area contributed by atoms with Gasteiger partial charge in [0.2, 0.25) is 0 Å². The highest BCUT2D eigenvalue weighted by atomic mass is 16.5. The maximum atomic E-state index is 5.15. The summed E-state index contributed by atoms with van der Waals surface area (Å²) >= 11 is 0. The molecule has 1 aromatic rings. The zero-order valence-electron chi connectivity index (χ0n) is 13.6. The number of piperazine rings is 1. The second-order valence-corrected chi connectivity index (χ2v) is 6.05. The van der Waals surface area contributed by atoms with E-state index in [1.807, 2.05) is 0 Å². The van der Waals surface area contributed by atoms with Gasteiger partial charge in [0.15, 0.2) is 0 Å². The smallest absolute Gasteiger partial charge is 0.0462 e. The van der Waals surface area contributed by atoms with Crippen molar-refractivity contribution in [3.63, 3.8) is 0 Å². The molecule has 1 heterocycles. The van der Waals surface area contributed by atoms with Crippen molar-refractivity contribution in [3.8, 4) is 0 Å². The van der Waals surface area contributed by atoms with Gasteiger partial charge in [-0.15, -0.1) is 0 Å². The Morgan fingerprint density at radius 1 is 1.24 bits per heavy atom. The highest BCUT2D eigenvalue weighted by Gasteiger charge is 2.26. The molecule has 3 heteroatoms. The number of nitrogens with one attached hydrogen (secondary N) is 1. The van der Waals surface area contributed by atoms with Crippen molar-refractivity contribution in [1.82, 2.24) is 10.2 Å². The Bertz CT molecular complexity index is 382. The predicted octanol–water partition coefficient (Wildman–Crippen LogP) is 2.71. The van der Waals surface area contributed by atoms with Gasteiger partial charge in [0, 0.05) is 38.9 Å². The molecule has 0 spiro atoms. The summed E-state index contributed by atoms with van der Waals surface area (Å²) in [4.78, 5) is 2.68. The third kappa shape index (κ3) is 5.42. The molecule has 0 bridgehead atoms. The molecule has 2 atom stereocenters. The fourth-order valence-corrected chi connectivity index (χ4v) is 3.20. The Hall–Kier alpha value is -0.900. The quantitative estimate of drug-likeness (QED) is 0.745. The number of rotatable bonds is 8. The lowest BCUT2D eigenvalue weighted by Gasteiger charge is -2.40. The summed E-state index contributed by atoms with van der Waals surface area (Å²) in [6, 6.07) is 12.1. The van der Waals surface area contributed by atoms with Crippen LogP contribution < -0.4 is 5.32 Å². The molecule has 0 amide bonds. The average Bonchev–Trinajstić information content (AvgIpc) is 2.53. The van der Waals surface area contributed by atoms with Crippen molar-refractivity contribution in [2.24, 2.45) is 0 Å². The van der Waals surface area contributed by atoms with Crippen LogP contribution in [0.3, 0.4) is 0 Å². The Morgan fingerprint density at radius 3 is 2.76 bits per heavy atom. The topological polar surface area (TPSA) is 24.5 Å². The number of hydrogen-bond acceptors (Lipinski definition) is 3. The van der Waals surface area contributed by atoms with Gasteiger partial charge in [0.05, 0.1) is 0 Å². The first-order valence-electron chi connectivity index (χ1n) is 8.33. The number of unbranched alkanes of at least 4 members (excludes halogenated alkanes) is 1. The normalized spacial score (nSPS) is 23.3. The zero-order chi connectivity index (χ0) is 14.9. The number of methoxy groups -OCH3 is 1. The van der Waals surface area contributed by atoms with E-state index in [-0.39, 0.29) is 0 Å². The molecule has 2 rings (SSSR count). The molecular weight excluding hydrogens is 260 g/mol. The lowest BCUT2D eigenvalue weighted by molar-refractivity contribution is 0.118. The van der Waals surface area contributed by atoms with E-state index in [2.05, 4.69) is 47.5 Å². The minimum Gasteiger partial charge on any atom is -0.385 e. The minimum atomic E-state index is 0.581. The van der Waals surface area contributed by atoms with Crippen LogP contribution in [0.4, 0.5) is 0 Å². The zero-order valence-corrected chi connectivity index (χ0v) is 13.6. The molecule has 1 aliphatic heterocycles. The number of benzene rings is 1. The lowest BCUT2D eigenvalue weighted by Crippen LogP contribution is -2.57. The summed E-state index contributed by atoms with van der Waals surface area (Å²) in [5.41, 5.74) is 1.43. The van der Waals surface area contributed by atoms with Crippen molar-refractivity contribution in [2.75, 3.05) is 33.4 Å². The van der Waals surface area contributed by atoms with Crippen LogP contribution in [-0.4, -0.2) is 50.3 Å². The summed E-state index contributed by atoms with van der Waals surface area (Å²) < 4.78 is 5.15. The van der Waals surface area contributed by atoms with Gasteiger partial charge >= 0.3 is 0 Å². The van der Waals surface area contributed by atoms with Crippen LogP contribution in [0.25, 0.3) is 0 Å². The van der Waals surface area contributed by atoms with Gasteiger partial charge in [-0.1, -0.05) is 37.3 Å². The van der Waals surface area contributed by atoms with Crippen LogP contribution in [0.1, 0.15) is 31.7 Å². The molecule has 1 aromatic carbocycles. The number of ether oxygens (including phenoxy) is 1. The van der Waals surface area contributed by atoms with E-state index in [0.717, 1.165) is 19.6 Å². The number of hydrogen-bond donors (Lipinski definition) is 1. The highest BCUT2D eigenvalue weighted by Crippen LogP contribution is 2.14. The molecule has 3 nitrogen and oxygen atoms in total. The first-order valence-corrected chi connectivity index (χ1v) is 8.33. The van der Waals surface area contributed by atoms with Crippen molar-refractivity contribution < 1.29 is 4.74 Å². The molecule has 0 saturated carbocycles. The van der Waals surface area contributed by atoms with Crippen LogP contribution in [-0.2, 0) is 11.2 Å². The standard InChI is InChI=1S/C18H30N2O/c1-3-18-14-19-17(13-16-9-5-4-6-10-16)15-20(18)11-7-8-12-21-2/h4-6,9-10,17-19H,3,7-8,11-15H2,1-2H3. The van der Waals surface area contributed by atoms with Gasteiger partial charge in [-0.25, -0.2) is 0 Å². The van der Waals surface area contributed by atoms with E-state index < -0.39 is 0 Å². The van der Waals surface area contributed by atoms with Crippen molar-refractivity contribution >= 4 is 0 Å². The van der Waals surface area contributed by atoms with Crippen molar-refractivity contribution in [3.05, 3.63) is 35.9 Å². The molecule has 118 valence electrons. The molecule has 1 N–H and O–H groups in total. The predicted molar refractivity (Wildman–Crippen MR) is 88.7 cm³/mol. The van der Waals surface area contributed by atoms with Crippen LogP contribution in [0.5, 0.6) is 0 Å². The van der Waals surface area contributed by atoms with Gasteiger partial charge in [0.25, 0.3) is 0 Å².